The Labute approximate surface area is 93.2 Å². The molecule has 0 bridgehead atoms. The van der Waals surface area contributed by atoms with Crippen LogP contribution in [0.4, 0.5) is 0 Å². The van der Waals surface area contributed by atoms with Gasteiger partial charge in [0.1, 0.15) is 0 Å². The highest BCUT2D eigenvalue weighted by atomic mass is 32.2. The fourth-order valence-corrected chi connectivity index (χ4v) is 1.87. The molecule has 0 fully saturated rings. The highest BCUT2D eigenvalue weighted by Crippen LogP contribution is 2.00. The summed E-state index contributed by atoms with van der Waals surface area (Å²) in [5, 5.41) is 3.16. The lowest BCUT2D eigenvalue weighted by atomic mass is 10.1. The van der Waals surface area contributed by atoms with Gasteiger partial charge in [0.15, 0.2) is 0 Å². The quantitative estimate of drug-likeness (QED) is 0.449. The normalized spacial score (nSPS) is 11.9. The van der Waals surface area contributed by atoms with Gasteiger partial charge in [-0.1, -0.05) is 32.6 Å². The summed E-state index contributed by atoms with van der Waals surface area (Å²) in [5.41, 5.74) is 0. The van der Waals surface area contributed by atoms with Crippen LogP contribution in [0.2, 0.25) is 0 Å². The van der Waals surface area contributed by atoms with Gasteiger partial charge < -0.3 is 5.32 Å². The molecule has 0 heterocycles. The minimum atomic E-state index is -3.77. The van der Waals surface area contributed by atoms with Crippen molar-refractivity contribution in [2.24, 2.45) is 0 Å². The third-order valence-electron chi connectivity index (χ3n) is 2.21. The molecule has 0 aliphatic heterocycles. The van der Waals surface area contributed by atoms with Gasteiger partial charge in [0.25, 0.3) is 10.1 Å². The molecule has 15 heavy (non-hydrogen) atoms. The molecular weight excluding hydrogens is 214 g/mol. The predicted molar refractivity (Wildman–Crippen MR) is 62.7 cm³/mol. The molecule has 0 aromatic rings. The zero-order valence-electron chi connectivity index (χ0n) is 9.54. The average molecular weight is 237 g/mol. The Morgan fingerprint density at radius 1 is 1.00 bits per heavy atom. The van der Waals surface area contributed by atoms with Crippen LogP contribution < -0.4 is 5.32 Å². The molecule has 0 spiro atoms. The molecule has 0 aromatic carbocycles. The van der Waals surface area contributed by atoms with E-state index in [1.54, 1.807) is 0 Å². The monoisotopic (exact) mass is 237 g/mol. The predicted octanol–water partition coefficient (Wildman–Crippen LogP) is 1.82. The number of unbranched alkanes of at least 4 members (excludes halogenated alkanes) is 4. The van der Waals surface area contributed by atoms with Gasteiger partial charge in [0.05, 0.1) is 5.75 Å². The molecule has 92 valence electrons. The summed E-state index contributed by atoms with van der Waals surface area (Å²) in [4.78, 5) is 0. The number of nitrogens with one attached hydrogen (secondary N) is 1. The molecule has 2 N–H and O–H groups in total. The Bertz CT molecular complexity index is 227. The summed E-state index contributed by atoms with van der Waals surface area (Å²) in [5.74, 6) is -0.143. The molecule has 0 aromatic heterocycles. The minimum Gasteiger partial charge on any atom is -0.317 e. The molecule has 0 radical (unpaired) electrons. The van der Waals surface area contributed by atoms with Crippen LogP contribution in [0, 0.1) is 0 Å². The van der Waals surface area contributed by atoms with Gasteiger partial charge in [-0.2, -0.15) is 8.42 Å². The highest BCUT2D eigenvalue weighted by molar-refractivity contribution is 7.85. The number of hydrogen-bond donors (Lipinski definition) is 2. The standard InChI is InChI=1S/C10H23NO3S/c1-2-3-4-5-6-8-11-9-7-10-15(12,13)14/h11H,2-10H2,1H3,(H,12,13,14). The Kier molecular flexibility index (Phi) is 9.04. The van der Waals surface area contributed by atoms with E-state index in [1.807, 2.05) is 0 Å². The molecule has 0 atom stereocenters. The minimum absolute atomic E-state index is 0.143. The topological polar surface area (TPSA) is 66.4 Å². The summed E-state index contributed by atoms with van der Waals surface area (Å²) in [7, 11) is -3.77. The lowest BCUT2D eigenvalue weighted by molar-refractivity contribution is 0.479. The highest BCUT2D eigenvalue weighted by Gasteiger charge is 2.02. The van der Waals surface area contributed by atoms with Gasteiger partial charge in [0, 0.05) is 0 Å². The molecule has 0 saturated heterocycles. The molecule has 4 nitrogen and oxygen atoms in total. The molecular formula is C10H23NO3S. The maximum absolute atomic E-state index is 10.4. The third kappa shape index (κ3) is 13.9. The SMILES string of the molecule is CCCCCCCNCCCS(=O)(=O)O. The van der Waals surface area contributed by atoms with E-state index in [9.17, 15) is 8.42 Å². The lowest BCUT2D eigenvalue weighted by Gasteiger charge is -2.03. The second-order valence-corrected chi connectivity index (χ2v) is 5.38. The van der Waals surface area contributed by atoms with Crippen LogP contribution in [-0.2, 0) is 10.1 Å². The summed E-state index contributed by atoms with van der Waals surface area (Å²) in [6, 6.07) is 0. The molecule has 0 aliphatic rings. The Morgan fingerprint density at radius 3 is 2.20 bits per heavy atom. The first-order chi connectivity index (χ1) is 7.06. The Hall–Kier alpha value is -0.130. The molecule has 0 amide bonds. The van der Waals surface area contributed by atoms with Crippen LogP contribution in [0.3, 0.4) is 0 Å². The van der Waals surface area contributed by atoms with Crippen LogP contribution in [0.1, 0.15) is 45.4 Å². The van der Waals surface area contributed by atoms with Gasteiger partial charge in [-0.25, -0.2) is 0 Å². The van der Waals surface area contributed by atoms with E-state index in [2.05, 4.69) is 12.2 Å². The average Bonchev–Trinajstić information content (AvgIpc) is 2.14. The van der Waals surface area contributed by atoms with Gasteiger partial charge in [-0.3, -0.25) is 4.55 Å². The van der Waals surface area contributed by atoms with Crippen LogP contribution >= 0.6 is 0 Å². The smallest absolute Gasteiger partial charge is 0.264 e. The fourth-order valence-electron chi connectivity index (χ4n) is 1.36. The zero-order chi connectivity index (χ0) is 11.6. The second-order valence-electron chi connectivity index (χ2n) is 3.80. The van der Waals surface area contributed by atoms with Crippen molar-refractivity contribution in [2.45, 2.75) is 45.4 Å². The third-order valence-corrected chi connectivity index (χ3v) is 3.02. The summed E-state index contributed by atoms with van der Waals surface area (Å²) in [6.07, 6.45) is 6.69. The van der Waals surface area contributed by atoms with Crippen molar-refractivity contribution < 1.29 is 13.0 Å². The summed E-state index contributed by atoms with van der Waals surface area (Å²) < 4.78 is 29.2. The molecule has 5 heteroatoms. The Morgan fingerprint density at radius 2 is 1.60 bits per heavy atom. The first kappa shape index (κ1) is 14.9. The first-order valence-corrected chi connectivity index (χ1v) is 7.33. The van der Waals surface area contributed by atoms with Crippen molar-refractivity contribution in [1.29, 1.82) is 0 Å². The van der Waals surface area contributed by atoms with E-state index < -0.39 is 10.1 Å². The van der Waals surface area contributed by atoms with E-state index in [0.29, 0.717) is 13.0 Å². The largest absolute Gasteiger partial charge is 0.317 e. The summed E-state index contributed by atoms with van der Waals surface area (Å²) in [6.45, 7) is 3.79. The van der Waals surface area contributed by atoms with Crippen molar-refractivity contribution in [3.05, 3.63) is 0 Å². The summed E-state index contributed by atoms with van der Waals surface area (Å²) >= 11 is 0. The number of rotatable bonds is 10. The van der Waals surface area contributed by atoms with Crippen molar-refractivity contribution in [1.82, 2.24) is 5.32 Å². The molecule has 0 saturated carbocycles. The first-order valence-electron chi connectivity index (χ1n) is 5.72. The van der Waals surface area contributed by atoms with E-state index in [-0.39, 0.29) is 5.75 Å². The van der Waals surface area contributed by atoms with Gasteiger partial charge in [-0.05, 0) is 25.9 Å². The van der Waals surface area contributed by atoms with Crippen molar-refractivity contribution in [3.8, 4) is 0 Å². The van der Waals surface area contributed by atoms with Crippen molar-refractivity contribution >= 4 is 10.1 Å². The number of hydrogen-bond acceptors (Lipinski definition) is 3. The van der Waals surface area contributed by atoms with E-state index in [4.69, 9.17) is 4.55 Å². The van der Waals surface area contributed by atoms with E-state index in [0.717, 1.165) is 13.0 Å². The Balaban J connectivity index is 3.06. The van der Waals surface area contributed by atoms with Crippen molar-refractivity contribution in [3.63, 3.8) is 0 Å². The maximum atomic E-state index is 10.4. The van der Waals surface area contributed by atoms with Crippen LogP contribution in [0.25, 0.3) is 0 Å². The lowest BCUT2D eigenvalue weighted by Crippen LogP contribution is -2.19. The molecule has 0 aliphatic carbocycles. The fraction of sp³-hybridized carbons (Fsp3) is 1.00. The van der Waals surface area contributed by atoms with Crippen LogP contribution in [0.15, 0.2) is 0 Å². The zero-order valence-corrected chi connectivity index (χ0v) is 10.4. The van der Waals surface area contributed by atoms with E-state index in [1.165, 1.54) is 25.7 Å². The van der Waals surface area contributed by atoms with Gasteiger partial charge in [-0.15, -0.1) is 0 Å². The second kappa shape index (κ2) is 9.12. The maximum Gasteiger partial charge on any atom is 0.264 e. The van der Waals surface area contributed by atoms with E-state index >= 15 is 0 Å². The molecule has 0 unspecified atom stereocenters. The van der Waals surface area contributed by atoms with Gasteiger partial charge in [0.2, 0.25) is 0 Å². The van der Waals surface area contributed by atoms with Crippen molar-refractivity contribution in [2.75, 3.05) is 18.8 Å². The van der Waals surface area contributed by atoms with Crippen LogP contribution in [0.5, 0.6) is 0 Å². The molecule has 0 rings (SSSR count). The van der Waals surface area contributed by atoms with Gasteiger partial charge >= 0.3 is 0 Å². The van der Waals surface area contributed by atoms with Crippen LogP contribution in [-0.4, -0.2) is 31.8 Å².